The van der Waals surface area contributed by atoms with E-state index in [0.29, 0.717) is 11.3 Å². The van der Waals surface area contributed by atoms with Crippen LogP contribution in [0.1, 0.15) is 35.7 Å². The second kappa shape index (κ2) is 8.63. The van der Waals surface area contributed by atoms with Crippen LogP contribution in [0.3, 0.4) is 0 Å². The minimum atomic E-state index is -1.03. The maximum absolute atomic E-state index is 12.4. The minimum Gasteiger partial charge on any atom is -0.481 e. The molecule has 6 heteroatoms. The fourth-order valence-electron chi connectivity index (χ4n) is 2.33. The number of anilines is 2. The number of amides is 2. The first-order valence-electron chi connectivity index (χ1n) is 8.00. The summed E-state index contributed by atoms with van der Waals surface area (Å²) in [6.45, 7) is 2.01. The molecule has 0 saturated heterocycles. The largest absolute Gasteiger partial charge is 0.481 e. The van der Waals surface area contributed by atoms with Crippen LogP contribution >= 0.6 is 0 Å². The Kier molecular flexibility index (Phi) is 6.28. The van der Waals surface area contributed by atoms with Gasteiger partial charge in [-0.1, -0.05) is 31.2 Å². The van der Waals surface area contributed by atoms with Crippen LogP contribution in [0.25, 0.3) is 0 Å². The van der Waals surface area contributed by atoms with Gasteiger partial charge in [0.1, 0.15) is 0 Å². The number of carboxylic acid groups (broad SMARTS) is 1. The van der Waals surface area contributed by atoms with Gasteiger partial charge >= 0.3 is 5.97 Å². The molecule has 2 rings (SSSR count). The van der Waals surface area contributed by atoms with Crippen molar-refractivity contribution in [1.82, 2.24) is 0 Å². The van der Waals surface area contributed by atoms with Crippen molar-refractivity contribution in [2.24, 2.45) is 0 Å². The number of aliphatic carboxylic acids is 1. The Balaban J connectivity index is 2.06. The summed E-state index contributed by atoms with van der Waals surface area (Å²) in [4.78, 5) is 34.6. The summed E-state index contributed by atoms with van der Waals surface area (Å²) >= 11 is 0. The Morgan fingerprint density at radius 3 is 2.44 bits per heavy atom. The average Bonchev–Trinajstić information content (AvgIpc) is 2.60. The van der Waals surface area contributed by atoms with Crippen molar-refractivity contribution in [3.63, 3.8) is 0 Å². The summed E-state index contributed by atoms with van der Waals surface area (Å²) in [5.74, 6) is -1.71. The maximum Gasteiger partial charge on any atom is 0.303 e. The van der Waals surface area contributed by atoms with Gasteiger partial charge in [0.05, 0.1) is 6.42 Å². The summed E-state index contributed by atoms with van der Waals surface area (Å²) in [5, 5.41) is 14.1. The monoisotopic (exact) mass is 340 g/mol. The van der Waals surface area contributed by atoms with E-state index >= 15 is 0 Å². The zero-order valence-corrected chi connectivity index (χ0v) is 13.9. The summed E-state index contributed by atoms with van der Waals surface area (Å²) in [7, 11) is 0. The first-order valence-corrected chi connectivity index (χ1v) is 8.00. The molecule has 0 spiro atoms. The summed E-state index contributed by atoms with van der Waals surface area (Å²) in [6, 6.07) is 14.1. The number of aryl methyl sites for hydroxylation is 1. The van der Waals surface area contributed by atoms with Crippen LogP contribution in [0.5, 0.6) is 0 Å². The van der Waals surface area contributed by atoms with Gasteiger partial charge in [-0.25, -0.2) is 0 Å². The van der Waals surface area contributed by atoms with Crippen LogP contribution in [-0.2, 0) is 16.0 Å². The number of carbonyl (C=O) groups excluding carboxylic acids is 2. The van der Waals surface area contributed by atoms with Crippen molar-refractivity contribution in [2.75, 3.05) is 10.6 Å². The van der Waals surface area contributed by atoms with Crippen LogP contribution in [0, 0.1) is 0 Å². The first-order chi connectivity index (χ1) is 12.0. The van der Waals surface area contributed by atoms with Crippen molar-refractivity contribution in [3.05, 3.63) is 59.7 Å². The van der Waals surface area contributed by atoms with E-state index in [1.54, 1.807) is 24.3 Å². The Bertz CT molecular complexity index is 786. The Morgan fingerprint density at radius 1 is 0.960 bits per heavy atom. The predicted molar refractivity (Wildman–Crippen MR) is 95.7 cm³/mol. The van der Waals surface area contributed by atoms with Crippen LogP contribution in [-0.4, -0.2) is 22.9 Å². The molecule has 0 atom stereocenters. The number of carbonyl (C=O) groups is 3. The molecule has 2 aromatic rings. The van der Waals surface area contributed by atoms with E-state index in [0.717, 1.165) is 17.7 Å². The van der Waals surface area contributed by atoms with Crippen molar-refractivity contribution >= 4 is 29.2 Å². The first kappa shape index (κ1) is 18.2. The molecular weight excluding hydrogens is 320 g/mol. The van der Waals surface area contributed by atoms with Gasteiger partial charge in [-0.15, -0.1) is 0 Å². The molecule has 0 saturated carbocycles. The van der Waals surface area contributed by atoms with Crippen LogP contribution in [0.4, 0.5) is 11.4 Å². The number of hydrogen-bond acceptors (Lipinski definition) is 3. The number of benzene rings is 2. The van der Waals surface area contributed by atoms with E-state index in [9.17, 15) is 14.4 Å². The van der Waals surface area contributed by atoms with Crippen molar-refractivity contribution in [3.8, 4) is 0 Å². The molecule has 0 fully saturated rings. The van der Waals surface area contributed by atoms with Crippen molar-refractivity contribution < 1.29 is 19.5 Å². The third-order valence-corrected chi connectivity index (χ3v) is 3.62. The molecule has 0 aliphatic rings. The number of para-hydroxylation sites is 1. The number of hydrogen-bond donors (Lipinski definition) is 3. The lowest BCUT2D eigenvalue weighted by molar-refractivity contribution is -0.138. The number of nitrogens with one attached hydrogen (secondary N) is 2. The topological polar surface area (TPSA) is 95.5 Å². The van der Waals surface area contributed by atoms with Gasteiger partial charge in [0.2, 0.25) is 5.91 Å². The van der Waals surface area contributed by atoms with Gasteiger partial charge in [-0.2, -0.15) is 0 Å². The number of carboxylic acids is 1. The number of rotatable bonds is 7. The molecule has 25 heavy (non-hydrogen) atoms. The highest BCUT2D eigenvalue weighted by Gasteiger charge is 2.10. The summed E-state index contributed by atoms with van der Waals surface area (Å²) < 4.78 is 0. The fraction of sp³-hybridized carbons (Fsp3) is 0.211. The quantitative estimate of drug-likeness (QED) is 0.720. The molecular formula is C19H20N2O4. The molecule has 0 bridgehead atoms. The van der Waals surface area contributed by atoms with Crippen LogP contribution in [0.2, 0.25) is 0 Å². The molecule has 6 nitrogen and oxygen atoms in total. The molecule has 0 radical (unpaired) electrons. The Morgan fingerprint density at radius 2 is 1.72 bits per heavy atom. The normalized spacial score (nSPS) is 10.1. The lowest BCUT2D eigenvalue weighted by Gasteiger charge is -2.11. The average molecular weight is 340 g/mol. The fourth-order valence-corrected chi connectivity index (χ4v) is 2.33. The second-order valence-electron chi connectivity index (χ2n) is 5.49. The third-order valence-electron chi connectivity index (χ3n) is 3.62. The molecule has 2 amide bonds. The van der Waals surface area contributed by atoms with Crippen molar-refractivity contribution in [1.29, 1.82) is 0 Å². The Labute approximate surface area is 145 Å². The van der Waals surface area contributed by atoms with E-state index in [1.165, 1.54) is 0 Å². The standard InChI is InChI=1S/C19H20N2O4/c1-2-13-6-3-4-9-16(13)21-19(25)14-7-5-8-15(12-14)20-17(22)10-11-18(23)24/h3-9,12H,2,10-11H2,1H3,(H,20,22)(H,21,25)(H,23,24). The zero-order valence-electron chi connectivity index (χ0n) is 13.9. The van der Waals surface area contributed by atoms with Gasteiger partial charge in [0.25, 0.3) is 5.91 Å². The molecule has 0 unspecified atom stereocenters. The molecule has 2 aromatic carbocycles. The smallest absolute Gasteiger partial charge is 0.303 e. The van der Waals surface area contributed by atoms with Gasteiger partial charge < -0.3 is 15.7 Å². The van der Waals surface area contributed by atoms with Crippen LogP contribution < -0.4 is 10.6 Å². The lowest BCUT2D eigenvalue weighted by Crippen LogP contribution is -2.15. The summed E-state index contributed by atoms with van der Waals surface area (Å²) in [5.41, 5.74) is 2.65. The highest BCUT2D eigenvalue weighted by molar-refractivity contribution is 6.05. The zero-order chi connectivity index (χ0) is 18.2. The van der Waals surface area contributed by atoms with E-state index in [1.807, 2.05) is 31.2 Å². The maximum atomic E-state index is 12.4. The van der Waals surface area contributed by atoms with E-state index < -0.39 is 11.9 Å². The highest BCUT2D eigenvalue weighted by atomic mass is 16.4. The second-order valence-corrected chi connectivity index (χ2v) is 5.49. The van der Waals surface area contributed by atoms with E-state index in [4.69, 9.17) is 5.11 Å². The molecule has 0 heterocycles. The Hall–Kier alpha value is -3.15. The van der Waals surface area contributed by atoms with E-state index in [2.05, 4.69) is 10.6 Å². The predicted octanol–water partition coefficient (Wildman–Crippen LogP) is 3.30. The van der Waals surface area contributed by atoms with Crippen molar-refractivity contribution in [2.45, 2.75) is 26.2 Å². The lowest BCUT2D eigenvalue weighted by atomic mass is 10.1. The molecule has 0 aliphatic carbocycles. The van der Waals surface area contributed by atoms with Gasteiger partial charge in [-0.05, 0) is 36.2 Å². The van der Waals surface area contributed by atoms with Gasteiger partial charge in [-0.3, -0.25) is 14.4 Å². The molecule has 130 valence electrons. The van der Waals surface area contributed by atoms with Gasteiger partial charge in [0, 0.05) is 23.4 Å². The SMILES string of the molecule is CCc1ccccc1NC(=O)c1cccc(NC(=O)CCC(=O)O)c1. The van der Waals surface area contributed by atoms with Gasteiger partial charge in [0.15, 0.2) is 0 Å². The summed E-state index contributed by atoms with van der Waals surface area (Å²) in [6.07, 6.45) is 0.450. The minimum absolute atomic E-state index is 0.115. The molecule has 3 N–H and O–H groups in total. The molecule has 0 aromatic heterocycles. The highest BCUT2D eigenvalue weighted by Crippen LogP contribution is 2.18. The molecule has 0 aliphatic heterocycles. The van der Waals surface area contributed by atoms with Crippen LogP contribution in [0.15, 0.2) is 48.5 Å². The van der Waals surface area contributed by atoms with E-state index in [-0.39, 0.29) is 18.7 Å². The third kappa shape index (κ3) is 5.46.